The summed E-state index contributed by atoms with van der Waals surface area (Å²) in [7, 11) is 0. The number of esters is 1. The summed E-state index contributed by atoms with van der Waals surface area (Å²) in [4.78, 5) is 19.1. The van der Waals surface area contributed by atoms with Gasteiger partial charge < -0.3 is 19.4 Å². The van der Waals surface area contributed by atoms with Crippen molar-refractivity contribution in [1.82, 2.24) is 9.97 Å². The number of hydrogen-bond acceptors (Lipinski definition) is 3. The van der Waals surface area contributed by atoms with Crippen molar-refractivity contribution in [3.05, 3.63) is 90.8 Å². The van der Waals surface area contributed by atoms with Crippen molar-refractivity contribution < 1.29 is 14.3 Å². The molecule has 5 rings (SSSR count). The third kappa shape index (κ3) is 2.79. The Kier molecular flexibility index (Phi) is 3.84. The minimum Gasteiger partial charge on any atom is -0.454 e. The number of fused-ring (bicyclic) bond motifs is 2. The van der Waals surface area contributed by atoms with Crippen LogP contribution in [0.5, 0.6) is 17.2 Å². The van der Waals surface area contributed by atoms with Gasteiger partial charge in [-0.3, -0.25) is 0 Å². The molecule has 0 spiro atoms. The van der Waals surface area contributed by atoms with E-state index in [1.807, 2.05) is 54.6 Å². The Labute approximate surface area is 160 Å². The highest BCUT2D eigenvalue weighted by molar-refractivity contribution is 5.97. The van der Waals surface area contributed by atoms with Crippen LogP contribution in [0, 0.1) is 0 Å². The molecule has 2 heterocycles. The number of aromatic amines is 2. The number of carbonyl (C=O) groups is 1. The van der Waals surface area contributed by atoms with Crippen LogP contribution in [-0.2, 0) is 0 Å². The Morgan fingerprint density at radius 1 is 0.643 bits per heavy atom. The van der Waals surface area contributed by atoms with Crippen molar-refractivity contribution >= 4 is 27.8 Å². The zero-order valence-corrected chi connectivity index (χ0v) is 14.8. The van der Waals surface area contributed by atoms with Gasteiger partial charge in [0.25, 0.3) is 0 Å². The highest BCUT2D eigenvalue weighted by Gasteiger charge is 2.18. The molecule has 136 valence electrons. The Hall–Kier alpha value is -3.99. The zero-order valence-electron chi connectivity index (χ0n) is 14.8. The average molecular weight is 368 g/mol. The minimum atomic E-state index is -0.472. The molecule has 2 N–H and O–H groups in total. The lowest BCUT2D eigenvalue weighted by molar-refractivity contribution is 0.0734. The summed E-state index contributed by atoms with van der Waals surface area (Å²) in [5, 5.41) is 1.80. The van der Waals surface area contributed by atoms with E-state index < -0.39 is 5.97 Å². The molecule has 0 saturated carbocycles. The fraction of sp³-hybridized carbons (Fsp3) is 0. The highest BCUT2D eigenvalue weighted by atomic mass is 16.5. The molecule has 0 aliphatic rings. The summed E-state index contributed by atoms with van der Waals surface area (Å²) < 4.78 is 11.7. The maximum absolute atomic E-state index is 12.8. The number of carbonyl (C=O) groups excluding carboxylic acids is 1. The number of para-hydroxylation sites is 3. The molecule has 0 atom stereocenters. The van der Waals surface area contributed by atoms with Crippen LogP contribution in [0.1, 0.15) is 10.4 Å². The van der Waals surface area contributed by atoms with Crippen LogP contribution < -0.4 is 9.47 Å². The van der Waals surface area contributed by atoms with Crippen LogP contribution >= 0.6 is 0 Å². The number of hydrogen-bond donors (Lipinski definition) is 2. The van der Waals surface area contributed by atoms with Gasteiger partial charge >= 0.3 is 5.97 Å². The summed E-state index contributed by atoms with van der Waals surface area (Å²) in [6, 6.07) is 22.6. The van der Waals surface area contributed by atoms with E-state index in [9.17, 15) is 4.79 Å². The summed E-state index contributed by atoms with van der Waals surface area (Å²) >= 11 is 0. The molecule has 0 bridgehead atoms. The maximum atomic E-state index is 12.8. The molecule has 0 saturated heterocycles. The molecule has 0 radical (unpaired) electrons. The van der Waals surface area contributed by atoms with Crippen molar-refractivity contribution in [2.24, 2.45) is 0 Å². The molecule has 5 aromatic rings. The van der Waals surface area contributed by atoms with E-state index in [4.69, 9.17) is 9.47 Å². The van der Waals surface area contributed by atoms with Crippen LogP contribution in [0.3, 0.4) is 0 Å². The minimum absolute atomic E-state index is 0.359. The average Bonchev–Trinajstić information content (AvgIpc) is 3.33. The van der Waals surface area contributed by atoms with E-state index in [-0.39, 0.29) is 0 Å². The van der Waals surface area contributed by atoms with E-state index in [1.165, 1.54) is 0 Å². The van der Waals surface area contributed by atoms with Crippen molar-refractivity contribution in [2.75, 3.05) is 0 Å². The second-order valence-electron chi connectivity index (χ2n) is 6.38. The largest absolute Gasteiger partial charge is 0.454 e. The van der Waals surface area contributed by atoms with Gasteiger partial charge in [-0.2, -0.15) is 0 Å². The van der Waals surface area contributed by atoms with Crippen LogP contribution in [-0.4, -0.2) is 15.9 Å². The number of ether oxygens (including phenoxy) is 2. The zero-order chi connectivity index (χ0) is 18.9. The van der Waals surface area contributed by atoms with Gasteiger partial charge in [0.15, 0.2) is 11.5 Å². The Bertz CT molecular complexity index is 1300. The first-order valence-corrected chi connectivity index (χ1v) is 8.91. The van der Waals surface area contributed by atoms with Gasteiger partial charge in [0, 0.05) is 34.2 Å². The monoisotopic (exact) mass is 368 g/mol. The molecule has 0 fully saturated rings. The number of rotatable bonds is 4. The number of aromatic nitrogens is 2. The molecule has 2 aromatic heterocycles. The third-order valence-electron chi connectivity index (χ3n) is 4.63. The molecule has 5 heteroatoms. The standard InChI is InChI=1S/C23H16N2O3/c26-23(28-22-14-25-19-11-5-2-8-16(19)22)17-9-3-6-12-20(17)27-21-13-24-18-10-4-1-7-15(18)21/h1-14,24-25H. The SMILES string of the molecule is O=C(Oc1c[nH]c2ccccc12)c1ccccc1Oc1c[nH]c2ccccc12. The number of nitrogens with one attached hydrogen (secondary N) is 2. The number of benzene rings is 3. The second kappa shape index (κ2) is 6.63. The Morgan fingerprint density at radius 3 is 1.96 bits per heavy atom. The van der Waals surface area contributed by atoms with Crippen LogP contribution in [0.2, 0.25) is 0 Å². The van der Waals surface area contributed by atoms with Crippen LogP contribution in [0.25, 0.3) is 21.8 Å². The molecular weight excluding hydrogens is 352 g/mol. The van der Waals surface area contributed by atoms with Crippen molar-refractivity contribution in [3.8, 4) is 17.2 Å². The fourth-order valence-electron chi connectivity index (χ4n) is 3.26. The molecule has 5 nitrogen and oxygen atoms in total. The molecule has 0 unspecified atom stereocenters. The molecule has 0 amide bonds. The highest BCUT2D eigenvalue weighted by Crippen LogP contribution is 2.32. The molecule has 3 aromatic carbocycles. The smallest absolute Gasteiger partial charge is 0.347 e. The van der Waals surface area contributed by atoms with Gasteiger partial charge in [0.2, 0.25) is 0 Å². The summed E-state index contributed by atoms with van der Waals surface area (Å²) in [6.45, 7) is 0. The van der Waals surface area contributed by atoms with E-state index in [2.05, 4.69) is 9.97 Å². The third-order valence-corrected chi connectivity index (χ3v) is 4.63. The molecule has 0 aliphatic carbocycles. The predicted molar refractivity (Wildman–Crippen MR) is 108 cm³/mol. The molecule has 28 heavy (non-hydrogen) atoms. The Morgan fingerprint density at radius 2 is 1.21 bits per heavy atom. The van der Waals surface area contributed by atoms with Gasteiger partial charge in [-0.25, -0.2) is 4.79 Å². The quantitative estimate of drug-likeness (QED) is 0.402. The maximum Gasteiger partial charge on any atom is 0.347 e. The van der Waals surface area contributed by atoms with E-state index in [0.717, 1.165) is 21.8 Å². The van der Waals surface area contributed by atoms with Crippen molar-refractivity contribution in [3.63, 3.8) is 0 Å². The normalized spacial score (nSPS) is 11.0. The van der Waals surface area contributed by atoms with E-state index in [0.29, 0.717) is 22.8 Å². The van der Waals surface area contributed by atoms with E-state index in [1.54, 1.807) is 30.6 Å². The Balaban J connectivity index is 1.47. The van der Waals surface area contributed by atoms with Gasteiger partial charge in [-0.1, -0.05) is 36.4 Å². The lowest BCUT2D eigenvalue weighted by Gasteiger charge is -2.10. The molecular formula is C23H16N2O3. The topological polar surface area (TPSA) is 67.1 Å². The van der Waals surface area contributed by atoms with Crippen LogP contribution in [0.4, 0.5) is 0 Å². The summed E-state index contributed by atoms with van der Waals surface area (Å²) in [5.74, 6) is 1.11. The van der Waals surface area contributed by atoms with Crippen molar-refractivity contribution in [1.29, 1.82) is 0 Å². The summed E-state index contributed by atoms with van der Waals surface area (Å²) in [5.41, 5.74) is 2.24. The van der Waals surface area contributed by atoms with Crippen LogP contribution in [0.15, 0.2) is 85.2 Å². The van der Waals surface area contributed by atoms with Crippen molar-refractivity contribution in [2.45, 2.75) is 0 Å². The molecule has 0 aliphatic heterocycles. The first-order valence-electron chi connectivity index (χ1n) is 8.91. The predicted octanol–water partition coefficient (Wildman–Crippen LogP) is 5.66. The van der Waals surface area contributed by atoms with Gasteiger partial charge in [-0.05, 0) is 36.4 Å². The second-order valence-corrected chi connectivity index (χ2v) is 6.38. The lowest BCUT2D eigenvalue weighted by atomic mass is 10.2. The van der Waals surface area contributed by atoms with Gasteiger partial charge in [0.05, 0.1) is 0 Å². The lowest BCUT2D eigenvalue weighted by Crippen LogP contribution is -2.09. The van der Waals surface area contributed by atoms with Gasteiger partial charge in [0.1, 0.15) is 11.3 Å². The van der Waals surface area contributed by atoms with Gasteiger partial charge in [-0.15, -0.1) is 0 Å². The first-order chi connectivity index (χ1) is 13.8. The first kappa shape index (κ1) is 16.2. The fourth-order valence-corrected chi connectivity index (χ4v) is 3.26. The summed E-state index contributed by atoms with van der Waals surface area (Å²) in [6.07, 6.45) is 3.47. The van der Waals surface area contributed by atoms with E-state index >= 15 is 0 Å². The number of H-pyrrole nitrogens is 2.